The van der Waals surface area contributed by atoms with E-state index in [9.17, 15) is 9.59 Å². The Morgan fingerprint density at radius 2 is 1.84 bits per heavy atom. The lowest BCUT2D eigenvalue weighted by molar-refractivity contribution is -0.130. The number of anilines is 1. The van der Waals surface area contributed by atoms with Crippen LogP contribution in [0.25, 0.3) is 6.08 Å². The van der Waals surface area contributed by atoms with Crippen molar-refractivity contribution in [3.8, 4) is 5.75 Å². The van der Waals surface area contributed by atoms with Gasteiger partial charge in [0.1, 0.15) is 5.75 Å². The van der Waals surface area contributed by atoms with Crippen LogP contribution in [-0.2, 0) is 16.0 Å². The maximum absolute atomic E-state index is 12.6. The first kappa shape index (κ1) is 27.1. The van der Waals surface area contributed by atoms with E-state index in [1.54, 1.807) is 6.08 Å². The van der Waals surface area contributed by atoms with Gasteiger partial charge in [0, 0.05) is 48.6 Å². The van der Waals surface area contributed by atoms with E-state index in [-0.39, 0.29) is 17.4 Å². The molecule has 1 saturated carbocycles. The van der Waals surface area contributed by atoms with Crippen LogP contribution in [0.15, 0.2) is 48.5 Å². The summed E-state index contributed by atoms with van der Waals surface area (Å²) in [6, 6.07) is 14.1. The fourth-order valence-electron chi connectivity index (χ4n) is 6.98. The van der Waals surface area contributed by atoms with Gasteiger partial charge in [-0.25, -0.2) is 4.79 Å². The zero-order valence-electron chi connectivity index (χ0n) is 21.9. The first-order valence-corrected chi connectivity index (χ1v) is 14.8. The van der Waals surface area contributed by atoms with Crippen molar-refractivity contribution in [2.75, 3.05) is 29.7 Å². The van der Waals surface area contributed by atoms with Crippen molar-refractivity contribution in [1.82, 2.24) is 5.32 Å². The SMILES string of the molecule is C[C@]12CC[C@@H]3c4ccc(OC(=O)/C=C/c5ccc(N(CCCl)CCCl)cc5)cc4CC[C@H]3[C@@H]1CCC(=O)N2. The van der Waals surface area contributed by atoms with Crippen molar-refractivity contribution >= 4 is 46.8 Å². The lowest BCUT2D eigenvalue weighted by Crippen LogP contribution is -2.60. The quantitative estimate of drug-likeness (QED) is 0.179. The molecule has 2 aromatic rings. The number of piperidine rings is 1. The van der Waals surface area contributed by atoms with Gasteiger partial charge in [0.25, 0.3) is 0 Å². The Bertz CT molecular complexity index is 1190. The average molecular weight is 556 g/mol. The van der Waals surface area contributed by atoms with Crippen molar-refractivity contribution in [2.24, 2.45) is 11.8 Å². The normalized spacial score (nSPS) is 26.2. The van der Waals surface area contributed by atoms with Crippen molar-refractivity contribution in [1.29, 1.82) is 0 Å². The van der Waals surface area contributed by atoms with Gasteiger partial charge in [-0.15, -0.1) is 23.2 Å². The molecule has 1 N–H and O–H groups in total. The summed E-state index contributed by atoms with van der Waals surface area (Å²) in [7, 11) is 0. The molecule has 2 aliphatic carbocycles. The minimum atomic E-state index is -0.389. The molecule has 5 rings (SSSR count). The summed E-state index contributed by atoms with van der Waals surface area (Å²) < 4.78 is 5.67. The highest BCUT2D eigenvalue weighted by atomic mass is 35.5. The lowest BCUT2D eigenvalue weighted by Gasteiger charge is -2.54. The summed E-state index contributed by atoms with van der Waals surface area (Å²) in [6.45, 7) is 3.70. The number of ether oxygens (including phenoxy) is 1. The molecule has 4 atom stereocenters. The molecule has 1 saturated heterocycles. The number of hydrogen-bond acceptors (Lipinski definition) is 4. The zero-order valence-corrected chi connectivity index (χ0v) is 23.4. The Labute approximate surface area is 235 Å². The molecule has 3 aliphatic rings. The summed E-state index contributed by atoms with van der Waals surface area (Å²) in [5, 5.41) is 3.31. The van der Waals surface area contributed by atoms with Crippen LogP contribution in [-0.4, -0.2) is 42.3 Å². The Morgan fingerprint density at radius 1 is 1.08 bits per heavy atom. The third-order valence-electron chi connectivity index (χ3n) is 8.79. The molecule has 38 heavy (non-hydrogen) atoms. The number of carbonyl (C=O) groups is 2. The molecule has 1 aliphatic heterocycles. The van der Waals surface area contributed by atoms with Crippen molar-refractivity contribution in [3.05, 3.63) is 65.2 Å². The second-order valence-corrected chi connectivity index (χ2v) is 11.8. The molecule has 202 valence electrons. The third-order valence-corrected chi connectivity index (χ3v) is 9.13. The van der Waals surface area contributed by atoms with Crippen LogP contribution in [0.1, 0.15) is 61.6 Å². The van der Waals surface area contributed by atoms with E-state index in [2.05, 4.69) is 23.2 Å². The number of benzene rings is 2. The van der Waals surface area contributed by atoms with Gasteiger partial charge in [0.15, 0.2) is 0 Å². The first-order valence-electron chi connectivity index (χ1n) is 13.7. The van der Waals surface area contributed by atoms with E-state index in [4.69, 9.17) is 27.9 Å². The van der Waals surface area contributed by atoms with Crippen LogP contribution >= 0.6 is 23.2 Å². The maximum atomic E-state index is 12.6. The Balaban J connectivity index is 1.21. The molecule has 0 spiro atoms. The fraction of sp³-hybridized carbons (Fsp3) is 0.484. The number of esters is 1. The largest absolute Gasteiger partial charge is 0.423 e. The molecule has 1 amide bonds. The molecule has 0 aromatic heterocycles. The number of aryl methyl sites for hydroxylation is 1. The van der Waals surface area contributed by atoms with Crippen LogP contribution in [0.3, 0.4) is 0 Å². The summed E-state index contributed by atoms with van der Waals surface area (Å²) in [6.07, 6.45) is 9.07. The lowest BCUT2D eigenvalue weighted by atomic mass is 9.55. The number of nitrogens with one attached hydrogen (secondary N) is 1. The van der Waals surface area contributed by atoms with Crippen molar-refractivity contribution < 1.29 is 14.3 Å². The van der Waals surface area contributed by atoms with Gasteiger partial charge in [0.2, 0.25) is 5.91 Å². The molecule has 7 heteroatoms. The number of halogens is 2. The fourth-order valence-corrected chi connectivity index (χ4v) is 7.39. The van der Waals surface area contributed by atoms with E-state index < -0.39 is 0 Å². The molecule has 2 fully saturated rings. The van der Waals surface area contributed by atoms with Gasteiger partial charge >= 0.3 is 5.97 Å². The molecule has 0 bridgehead atoms. The number of amides is 1. The second kappa shape index (κ2) is 11.7. The topological polar surface area (TPSA) is 58.6 Å². The number of nitrogens with zero attached hydrogens (tertiary/aromatic N) is 1. The van der Waals surface area contributed by atoms with Crippen LogP contribution in [0, 0.1) is 11.8 Å². The van der Waals surface area contributed by atoms with E-state index in [0.717, 1.165) is 56.4 Å². The highest BCUT2D eigenvalue weighted by Crippen LogP contribution is 2.53. The monoisotopic (exact) mass is 554 g/mol. The average Bonchev–Trinajstić information content (AvgIpc) is 2.91. The number of carbonyl (C=O) groups excluding carboxylic acids is 2. The number of rotatable bonds is 8. The molecule has 1 heterocycles. The molecular formula is C31H36Cl2N2O3. The van der Waals surface area contributed by atoms with E-state index in [1.165, 1.54) is 17.2 Å². The first-order chi connectivity index (χ1) is 18.4. The predicted octanol–water partition coefficient (Wildman–Crippen LogP) is 6.31. The van der Waals surface area contributed by atoms with Crippen molar-refractivity contribution in [3.63, 3.8) is 0 Å². The van der Waals surface area contributed by atoms with Gasteiger partial charge < -0.3 is 15.0 Å². The molecule has 0 unspecified atom stereocenters. The molecule has 0 radical (unpaired) electrons. The zero-order chi connectivity index (χ0) is 26.7. The van der Waals surface area contributed by atoms with Crippen molar-refractivity contribution in [2.45, 2.75) is 56.9 Å². The van der Waals surface area contributed by atoms with Gasteiger partial charge in [-0.1, -0.05) is 18.2 Å². The standard InChI is InChI=1S/C31H36Cl2N2O3/c1-31-15-14-26-25-10-8-24(20-22(25)5-9-27(26)28(31)11-12-29(36)34-31)38-30(37)13-4-21-2-6-23(7-3-21)35(18-16-32)19-17-33/h2-4,6-8,10,13,20,26-28H,5,9,11-12,14-19H2,1H3,(H,34,36)/b13-4+/t26-,27-,28+,31+/m1/s1. The molecular weight excluding hydrogens is 519 g/mol. The van der Waals surface area contributed by atoms with Crippen LogP contribution in [0.2, 0.25) is 0 Å². The van der Waals surface area contributed by atoms with Gasteiger partial charge in [0.05, 0.1) is 0 Å². The Hall–Kier alpha value is -2.50. The van der Waals surface area contributed by atoms with Crippen LogP contribution in [0.4, 0.5) is 5.69 Å². The predicted molar refractivity (Wildman–Crippen MR) is 154 cm³/mol. The Kier molecular flexibility index (Phi) is 8.35. The van der Waals surface area contributed by atoms with Gasteiger partial charge in [-0.05, 0) is 104 Å². The minimum Gasteiger partial charge on any atom is -0.423 e. The van der Waals surface area contributed by atoms with Gasteiger partial charge in [-0.3, -0.25) is 4.79 Å². The van der Waals surface area contributed by atoms with Crippen LogP contribution in [0.5, 0.6) is 5.75 Å². The Morgan fingerprint density at radius 3 is 2.58 bits per heavy atom. The summed E-state index contributed by atoms with van der Waals surface area (Å²) in [5.41, 5.74) is 4.59. The summed E-state index contributed by atoms with van der Waals surface area (Å²) in [4.78, 5) is 26.8. The van der Waals surface area contributed by atoms with E-state index >= 15 is 0 Å². The van der Waals surface area contributed by atoms with E-state index in [0.29, 0.717) is 41.7 Å². The second-order valence-electron chi connectivity index (χ2n) is 11.0. The highest BCUT2D eigenvalue weighted by Gasteiger charge is 2.50. The number of fused-ring (bicyclic) bond motifs is 5. The third kappa shape index (κ3) is 5.74. The smallest absolute Gasteiger partial charge is 0.336 e. The van der Waals surface area contributed by atoms with E-state index in [1.807, 2.05) is 36.4 Å². The molecule has 2 aromatic carbocycles. The molecule has 5 nitrogen and oxygen atoms in total. The van der Waals surface area contributed by atoms with Crippen LogP contribution < -0.4 is 15.0 Å². The summed E-state index contributed by atoms with van der Waals surface area (Å²) in [5.74, 6) is 3.13. The minimum absolute atomic E-state index is 0.0656. The number of alkyl halides is 2. The maximum Gasteiger partial charge on any atom is 0.336 e. The highest BCUT2D eigenvalue weighted by molar-refractivity contribution is 6.18. The van der Waals surface area contributed by atoms with Gasteiger partial charge in [-0.2, -0.15) is 0 Å². The number of hydrogen-bond donors (Lipinski definition) is 1. The summed E-state index contributed by atoms with van der Waals surface area (Å²) >= 11 is 11.8.